The van der Waals surface area contributed by atoms with Gasteiger partial charge in [0.1, 0.15) is 5.82 Å². The molecule has 0 amide bonds. The number of aromatic nitrogens is 1. The third-order valence-corrected chi connectivity index (χ3v) is 3.92. The predicted molar refractivity (Wildman–Crippen MR) is 74.7 cm³/mol. The highest BCUT2D eigenvalue weighted by molar-refractivity contribution is 5.41. The molecule has 1 aliphatic heterocycles. The monoisotopic (exact) mass is 248 g/mol. The van der Waals surface area contributed by atoms with Crippen LogP contribution in [0.4, 0.5) is 5.82 Å². The van der Waals surface area contributed by atoms with E-state index in [0.717, 1.165) is 24.5 Å². The molecule has 0 spiro atoms. The smallest absolute Gasteiger partial charge is 0.128 e. The molecule has 1 aromatic rings. The normalized spacial score (nSPS) is 21.4. The second kappa shape index (κ2) is 5.27. The summed E-state index contributed by atoms with van der Waals surface area (Å²) in [6.45, 7) is 8.61. The van der Waals surface area contributed by atoms with Crippen LogP contribution in [0.5, 0.6) is 0 Å². The average molecular weight is 248 g/mol. The first-order valence-electron chi connectivity index (χ1n) is 6.87. The molecule has 0 aromatic carbocycles. The Hall–Kier alpha value is -1.09. The molecular weight excluding hydrogens is 224 g/mol. The second-order valence-electron chi connectivity index (χ2n) is 6.13. The van der Waals surface area contributed by atoms with Crippen LogP contribution in [0.2, 0.25) is 0 Å². The zero-order valence-electron chi connectivity index (χ0n) is 11.7. The molecule has 1 fully saturated rings. The Morgan fingerprint density at radius 3 is 2.83 bits per heavy atom. The van der Waals surface area contributed by atoms with E-state index in [1.165, 1.54) is 19.3 Å². The number of aliphatic hydroxyl groups is 1. The van der Waals surface area contributed by atoms with Crippen molar-refractivity contribution in [1.82, 2.24) is 4.98 Å². The summed E-state index contributed by atoms with van der Waals surface area (Å²) in [5, 5.41) is 9.64. The van der Waals surface area contributed by atoms with Crippen LogP contribution in [-0.2, 0) is 0 Å². The maximum atomic E-state index is 9.64. The number of hydrogen-bond acceptors (Lipinski definition) is 3. The van der Waals surface area contributed by atoms with Crippen LogP contribution >= 0.6 is 0 Å². The van der Waals surface area contributed by atoms with Gasteiger partial charge in [-0.25, -0.2) is 4.98 Å². The Balaban J connectivity index is 2.13. The van der Waals surface area contributed by atoms with E-state index >= 15 is 0 Å². The molecule has 3 nitrogen and oxygen atoms in total. The van der Waals surface area contributed by atoms with E-state index in [1.54, 1.807) is 13.1 Å². The van der Waals surface area contributed by atoms with E-state index in [0.29, 0.717) is 5.41 Å². The highest BCUT2D eigenvalue weighted by atomic mass is 16.3. The molecule has 0 unspecified atom stereocenters. The first kappa shape index (κ1) is 13.3. The molecule has 0 radical (unpaired) electrons. The number of rotatable bonds is 2. The fourth-order valence-corrected chi connectivity index (χ4v) is 2.52. The van der Waals surface area contributed by atoms with Gasteiger partial charge >= 0.3 is 0 Å². The topological polar surface area (TPSA) is 36.4 Å². The first-order chi connectivity index (χ1) is 8.48. The van der Waals surface area contributed by atoms with Crippen molar-refractivity contribution in [2.45, 2.75) is 46.1 Å². The first-order valence-corrected chi connectivity index (χ1v) is 6.87. The molecule has 3 heteroatoms. The number of aliphatic hydroxyl groups excluding tert-OH is 1. The highest BCUT2D eigenvalue weighted by Crippen LogP contribution is 2.31. The molecule has 1 N–H and O–H groups in total. The Bertz CT molecular complexity index is 401. The van der Waals surface area contributed by atoms with Gasteiger partial charge in [0.15, 0.2) is 0 Å². The zero-order valence-corrected chi connectivity index (χ0v) is 11.7. The van der Waals surface area contributed by atoms with Gasteiger partial charge in [-0.3, -0.25) is 0 Å². The van der Waals surface area contributed by atoms with Crippen molar-refractivity contribution >= 4 is 5.82 Å². The largest absolute Gasteiger partial charge is 0.389 e. The van der Waals surface area contributed by atoms with Crippen molar-refractivity contribution in [3.8, 4) is 0 Å². The van der Waals surface area contributed by atoms with E-state index in [1.807, 2.05) is 12.1 Å². The van der Waals surface area contributed by atoms with E-state index in [9.17, 15) is 5.11 Å². The number of hydrogen-bond donors (Lipinski definition) is 1. The maximum Gasteiger partial charge on any atom is 0.128 e. The molecule has 1 aliphatic rings. The van der Waals surface area contributed by atoms with Gasteiger partial charge in [-0.1, -0.05) is 13.8 Å². The summed E-state index contributed by atoms with van der Waals surface area (Å²) in [7, 11) is 0. The third-order valence-electron chi connectivity index (χ3n) is 3.92. The lowest BCUT2D eigenvalue weighted by Gasteiger charge is -2.24. The number of nitrogens with zero attached hydrogens (tertiary/aromatic N) is 2. The van der Waals surface area contributed by atoms with E-state index in [4.69, 9.17) is 0 Å². The van der Waals surface area contributed by atoms with Gasteiger partial charge in [-0.2, -0.15) is 0 Å². The summed E-state index contributed by atoms with van der Waals surface area (Å²) in [6, 6.07) is 3.90. The number of pyridine rings is 1. The number of anilines is 1. The van der Waals surface area contributed by atoms with Crippen molar-refractivity contribution < 1.29 is 5.11 Å². The molecule has 2 rings (SSSR count). The van der Waals surface area contributed by atoms with Crippen LogP contribution in [0, 0.1) is 5.41 Å². The van der Waals surface area contributed by atoms with Gasteiger partial charge < -0.3 is 10.0 Å². The van der Waals surface area contributed by atoms with E-state index < -0.39 is 6.10 Å². The van der Waals surface area contributed by atoms with Crippen molar-refractivity contribution in [1.29, 1.82) is 0 Å². The SMILES string of the molecule is C[C@H](O)c1ccnc(N2CCCC(C)(C)CC2)c1. The van der Waals surface area contributed by atoms with Crippen molar-refractivity contribution in [2.75, 3.05) is 18.0 Å². The molecule has 0 bridgehead atoms. The molecule has 2 heterocycles. The second-order valence-corrected chi connectivity index (χ2v) is 6.13. The Morgan fingerprint density at radius 2 is 2.11 bits per heavy atom. The van der Waals surface area contributed by atoms with Gasteiger partial charge in [0.05, 0.1) is 6.10 Å². The van der Waals surface area contributed by atoms with Gasteiger partial charge in [0.25, 0.3) is 0 Å². The summed E-state index contributed by atoms with van der Waals surface area (Å²) in [4.78, 5) is 6.80. The fourth-order valence-electron chi connectivity index (χ4n) is 2.52. The Morgan fingerprint density at radius 1 is 1.33 bits per heavy atom. The molecule has 1 atom stereocenters. The molecule has 100 valence electrons. The quantitative estimate of drug-likeness (QED) is 0.873. The molecule has 0 aliphatic carbocycles. The van der Waals surface area contributed by atoms with Crippen LogP contribution in [-0.4, -0.2) is 23.2 Å². The molecule has 1 saturated heterocycles. The molecular formula is C15H24N2O. The average Bonchev–Trinajstić information content (AvgIpc) is 2.50. The minimum Gasteiger partial charge on any atom is -0.389 e. The Labute approximate surface area is 110 Å². The molecule has 0 saturated carbocycles. The summed E-state index contributed by atoms with van der Waals surface area (Å²) in [5.74, 6) is 1.01. The lowest BCUT2D eigenvalue weighted by atomic mass is 9.85. The van der Waals surface area contributed by atoms with Crippen LogP contribution in [0.15, 0.2) is 18.3 Å². The summed E-state index contributed by atoms with van der Waals surface area (Å²) < 4.78 is 0. The highest BCUT2D eigenvalue weighted by Gasteiger charge is 2.23. The van der Waals surface area contributed by atoms with Gasteiger partial charge in [-0.15, -0.1) is 0 Å². The third kappa shape index (κ3) is 3.22. The van der Waals surface area contributed by atoms with Crippen molar-refractivity contribution in [3.63, 3.8) is 0 Å². The van der Waals surface area contributed by atoms with Crippen LogP contribution in [0.25, 0.3) is 0 Å². The lowest BCUT2D eigenvalue weighted by Crippen LogP contribution is -2.26. The van der Waals surface area contributed by atoms with Crippen molar-refractivity contribution in [3.05, 3.63) is 23.9 Å². The molecule has 1 aromatic heterocycles. The summed E-state index contributed by atoms with van der Waals surface area (Å²) in [6.07, 6.45) is 5.07. The summed E-state index contributed by atoms with van der Waals surface area (Å²) >= 11 is 0. The van der Waals surface area contributed by atoms with Gasteiger partial charge in [0, 0.05) is 19.3 Å². The van der Waals surface area contributed by atoms with E-state index in [-0.39, 0.29) is 0 Å². The van der Waals surface area contributed by atoms with E-state index in [2.05, 4.69) is 23.7 Å². The zero-order chi connectivity index (χ0) is 13.2. The fraction of sp³-hybridized carbons (Fsp3) is 0.667. The van der Waals surface area contributed by atoms with Crippen molar-refractivity contribution in [2.24, 2.45) is 5.41 Å². The standard InChI is InChI=1S/C15H24N2O/c1-12(18)13-5-8-16-14(11-13)17-9-4-6-15(2,3)7-10-17/h5,8,11-12,18H,4,6-7,9-10H2,1-3H3/t12-/m0/s1. The van der Waals surface area contributed by atoms with Crippen LogP contribution < -0.4 is 4.90 Å². The minimum atomic E-state index is -0.421. The Kier molecular flexibility index (Phi) is 3.91. The lowest BCUT2D eigenvalue weighted by molar-refractivity contribution is 0.199. The van der Waals surface area contributed by atoms with Gasteiger partial charge in [0.2, 0.25) is 0 Å². The van der Waals surface area contributed by atoms with Gasteiger partial charge in [-0.05, 0) is 49.3 Å². The summed E-state index contributed by atoms with van der Waals surface area (Å²) in [5.41, 5.74) is 1.39. The molecule has 18 heavy (non-hydrogen) atoms. The maximum absolute atomic E-state index is 9.64. The van der Waals surface area contributed by atoms with Crippen LogP contribution in [0.1, 0.15) is 51.7 Å². The minimum absolute atomic E-state index is 0.421. The van der Waals surface area contributed by atoms with Crippen LogP contribution in [0.3, 0.4) is 0 Å². The predicted octanol–water partition coefficient (Wildman–Crippen LogP) is 3.15.